The second-order valence-corrected chi connectivity index (χ2v) is 13.8. The molecule has 2 heterocycles. The van der Waals surface area contributed by atoms with E-state index < -0.39 is 0 Å². The molecule has 2 N–H and O–H groups in total. The van der Waals surface area contributed by atoms with Crippen LogP contribution in [0.25, 0.3) is 0 Å². The Bertz CT molecular complexity index is 706. The van der Waals surface area contributed by atoms with E-state index in [1.807, 2.05) is 13.0 Å². The molecule has 2 aliphatic heterocycles. The van der Waals surface area contributed by atoms with E-state index >= 15 is 0 Å². The van der Waals surface area contributed by atoms with Crippen molar-refractivity contribution in [2.24, 2.45) is 0 Å². The molecule has 0 radical (unpaired) electrons. The number of ether oxygens (including phenoxy) is 2. The zero-order chi connectivity index (χ0) is 31.0. The monoisotopic (exact) mass is 607 g/mol. The zero-order valence-corrected chi connectivity index (χ0v) is 28.4. The van der Waals surface area contributed by atoms with Crippen LogP contribution in [0.5, 0.6) is 0 Å². The highest BCUT2D eigenvalue weighted by molar-refractivity contribution is 5.90. The normalized spacial score (nSPS) is 21.7. The van der Waals surface area contributed by atoms with E-state index in [0.29, 0.717) is 0 Å². The first-order valence-corrected chi connectivity index (χ1v) is 18.9. The predicted octanol–water partition coefficient (Wildman–Crippen LogP) is 10.3. The number of hydrogen-bond donors (Lipinski definition) is 2. The zero-order valence-electron chi connectivity index (χ0n) is 28.4. The van der Waals surface area contributed by atoms with Crippen LogP contribution >= 0.6 is 0 Å². The molecule has 0 aromatic heterocycles. The molecule has 0 aliphatic carbocycles. The Morgan fingerprint density at radius 1 is 0.628 bits per heavy atom. The summed E-state index contributed by atoms with van der Waals surface area (Å²) >= 11 is 0. The lowest BCUT2D eigenvalue weighted by atomic mass is 10.00. The van der Waals surface area contributed by atoms with E-state index in [0.717, 1.165) is 56.9 Å². The van der Waals surface area contributed by atoms with Gasteiger partial charge in [0, 0.05) is 5.57 Å². The third-order valence-electron chi connectivity index (χ3n) is 9.73. The molecule has 0 amide bonds. The first kappa shape index (κ1) is 38.3. The van der Waals surface area contributed by atoms with Gasteiger partial charge in [0.15, 0.2) is 0 Å². The molecule has 2 rings (SSSR count). The molecule has 1 saturated heterocycles. The quantitative estimate of drug-likeness (QED) is 0.0654. The van der Waals surface area contributed by atoms with Crippen molar-refractivity contribution in [2.45, 2.75) is 224 Å². The summed E-state index contributed by atoms with van der Waals surface area (Å²) in [5.74, 6) is -0.106. The molecule has 5 atom stereocenters. The Morgan fingerprint density at radius 3 is 1.37 bits per heavy atom. The first-order chi connectivity index (χ1) is 21.0. The summed E-state index contributed by atoms with van der Waals surface area (Å²) < 4.78 is 11.3. The molecule has 0 aromatic carbocycles. The average Bonchev–Trinajstić information content (AvgIpc) is 3.62. The van der Waals surface area contributed by atoms with Crippen molar-refractivity contribution in [3.05, 3.63) is 11.6 Å². The van der Waals surface area contributed by atoms with E-state index in [4.69, 9.17) is 9.47 Å². The van der Waals surface area contributed by atoms with Gasteiger partial charge in [0.25, 0.3) is 0 Å². The molecule has 252 valence electrons. The van der Waals surface area contributed by atoms with Crippen LogP contribution in [0.1, 0.15) is 194 Å². The molecule has 0 spiro atoms. The SMILES string of the molecule is CCCCCCCCCCCC(O)C1CCC(C(O)CCCCCCCCCCCCCCCCC2=CC(C)OC2=O)O1. The van der Waals surface area contributed by atoms with Gasteiger partial charge in [0.2, 0.25) is 0 Å². The van der Waals surface area contributed by atoms with Crippen molar-refractivity contribution in [1.82, 2.24) is 0 Å². The van der Waals surface area contributed by atoms with Crippen LogP contribution in [0, 0.1) is 0 Å². The standard InChI is InChI=1S/C38H70O5/c1-3-4-5-6-7-14-18-21-24-27-34(39)36-29-30-37(43-36)35(40)28-25-22-19-16-13-11-9-8-10-12-15-17-20-23-26-33-31-32(2)42-38(33)41/h31-32,34-37,39-40H,3-30H2,1-2H3. The summed E-state index contributed by atoms with van der Waals surface area (Å²) in [7, 11) is 0. The van der Waals surface area contributed by atoms with Crippen LogP contribution in [0.15, 0.2) is 11.6 Å². The summed E-state index contributed by atoms with van der Waals surface area (Å²) in [5.41, 5.74) is 0.883. The van der Waals surface area contributed by atoms with Gasteiger partial charge in [-0.1, -0.05) is 148 Å². The molecule has 0 saturated carbocycles. The summed E-state index contributed by atoms with van der Waals surface area (Å²) in [4.78, 5) is 11.6. The van der Waals surface area contributed by atoms with Gasteiger partial charge < -0.3 is 19.7 Å². The molecule has 5 nitrogen and oxygen atoms in total. The molecular formula is C38H70O5. The smallest absolute Gasteiger partial charge is 0.334 e. The lowest BCUT2D eigenvalue weighted by Crippen LogP contribution is -2.31. The summed E-state index contributed by atoms with van der Waals surface area (Å²) in [6, 6.07) is 0. The van der Waals surface area contributed by atoms with E-state index in [1.165, 1.54) is 128 Å². The second-order valence-electron chi connectivity index (χ2n) is 13.8. The fourth-order valence-electron chi connectivity index (χ4n) is 6.90. The Kier molecular flexibility index (Phi) is 22.5. The maximum atomic E-state index is 11.6. The minimum atomic E-state index is -0.378. The lowest BCUT2D eigenvalue weighted by Gasteiger charge is -2.22. The van der Waals surface area contributed by atoms with E-state index in [1.54, 1.807) is 0 Å². The Hall–Kier alpha value is -0.910. The topological polar surface area (TPSA) is 76.0 Å². The van der Waals surface area contributed by atoms with Crippen LogP contribution in [0.2, 0.25) is 0 Å². The first-order valence-electron chi connectivity index (χ1n) is 18.9. The number of unbranched alkanes of at least 4 members (excludes halogenated alkanes) is 21. The Labute approximate surface area is 266 Å². The molecule has 5 heteroatoms. The lowest BCUT2D eigenvalue weighted by molar-refractivity contribution is -0.139. The summed E-state index contributed by atoms with van der Waals surface area (Å²) in [5, 5.41) is 21.2. The Balaban J connectivity index is 1.30. The van der Waals surface area contributed by atoms with E-state index in [-0.39, 0.29) is 36.5 Å². The maximum Gasteiger partial charge on any atom is 0.334 e. The minimum Gasteiger partial charge on any atom is -0.455 e. The van der Waals surface area contributed by atoms with Crippen molar-refractivity contribution < 1.29 is 24.5 Å². The number of rotatable bonds is 29. The molecule has 5 unspecified atom stereocenters. The fourth-order valence-corrected chi connectivity index (χ4v) is 6.90. The number of aliphatic hydroxyl groups excluding tert-OH is 2. The number of cyclic esters (lactones) is 1. The van der Waals surface area contributed by atoms with Crippen LogP contribution in [-0.2, 0) is 14.3 Å². The van der Waals surface area contributed by atoms with Gasteiger partial charge in [-0.25, -0.2) is 4.79 Å². The van der Waals surface area contributed by atoms with Gasteiger partial charge in [0.05, 0.1) is 24.4 Å². The van der Waals surface area contributed by atoms with E-state index in [9.17, 15) is 15.0 Å². The molecule has 2 aliphatic rings. The van der Waals surface area contributed by atoms with Crippen molar-refractivity contribution in [3.8, 4) is 0 Å². The average molecular weight is 607 g/mol. The van der Waals surface area contributed by atoms with Crippen molar-refractivity contribution in [3.63, 3.8) is 0 Å². The van der Waals surface area contributed by atoms with Gasteiger partial charge in [0.1, 0.15) is 6.10 Å². The number of hydrogen-bond acceptors (Lipinski definition) is 5. The molecular weight excluding hydrogens is 536 g/mol. The molecule has 43 heavy (non-hydrogen) atoms. The third kappa shape index (κ3) is 18.6. The Morgan fingerprint density at radius 2 is 1.00 bits per heavy atom. The van der Waals surface area contributed by atoms with Gasteiger partial charge in [-0.3, -0.25) is 0 Å². The van der Waals surface area contributed by atoms with Crippen LogP contribution in [0.4, 0.5) is 0 Å². The number of carbonyl (C=O) groups is 1. The molecule has 0 aromatic rings. The predicted molar refractivity (Wildman–Crippen MR) is 179 cm³/mol. The van der Waals surface area contributed by atoms with Gasteiger partial charge in [-0.05, 0) is 51.5 Å². The molecule has 1 fully saturated rings. The van der Waals surface area contributed by atoms with Crippen LogP contribution < -0.4 is 0 Å². The van der Waals surface area contributed by atoms with Gasteiger partial charge in [-0.2, -0.15) is 0 Å². The van der Waals surface area contributed by atoms with Crippen LogP contribution in [0.3, 0.4) is 0 Å². The number of aliphatic hydroxyl groups is 2. The summed E-state index contributed by atoms with van der Waals surface area (Å²) in [6.07, 6.45) is 34.9. The largest absolute Gasteiger partial charge is 0.455 e. The highest BCUT2D eigenvalue weighted by Gasteiger charge is 2.34. The molecule has 0 bridgehead atoms. The van der Waals surface area contributed by atoms with Gasteiger partial charge >= 0.3 is 5.97 Å². The maximum absolute atomic E-state index is 11.6. The summed E-state index contributed by atoms with van der Waals surface area (Å²) in [6.45, 7) is 4.19. The number of carbonyl (C=O) groups excluding carboxylic acids is 1. The third-order valence-corrected chi connectivity index (χ3v) is 9.73. The van der Waals surface area contributed by atoms with Crippen molar-refractivity contribution in [2.75, 3.05) is 0 Å². The van der Waals surface area contributed by atoms with Crippen molar-refractivity contribution >= 4 is 5.97 Å². The van der Waals surface area contributed by atoms with Crippen LogP contribution in [-0.4, -0.2) is 46.7 Å². The highest BCUT2D eigenvalue weighted by Crippen LogP contribution is 2.28. The fraction of sp³-hybridized carbons (Fsp3) is 0.921. The van der Waals surface area contributed by atoms with E-state index in [2.05, 4.69) is 6.92 Å². The van der Waals surface area contributed by atoms with Crippen molar-refractivity contribution in [1.29, 1.82) is 0 Å². The minimum absolute atomic E-state index is 0.0344. The second kappa shape index (κ2) is 25.3. The number of esters is 1. The highest BCUT2D eigenvalue weighted by atomic mass is 16.5. The van der Waals surface area contributed by atoms with Gasteiger partial charge in [-0.15, -0.1) is 0 Å².